The molecule has 0 spiro atoms. The second kappa shape index (κ2) is 18.9. The number of hydrogen-bond donors (Lipinski definition) is 1. The van der Waals surface area contributed by atoms with Gasteiger partial charge in [-0.25, -0.2) is 9.97 Å². The van der Waals surface area contributed by atoms with E-state index in [-0.39, 0.29) is 33.5 Å². The standard InChI is InChI=1S/C21H19ClN2O3.C20H16Cl2N2O2/c22-20-19(16-11-5-2-6-12-16)24(14-18(25)26)21(27)17(23-20)13-7-10-15-8-3-1-4-9-15;21-18-17(15-9-5-2-6-10-15)24(20(26)19(22)23-18)13-16(25)12-11-14-7-3-1-4-8-14/h1-6,8-9,11-12H,7,10,13-14H2,(H,25,26);1-10H,11-13H2. The molecule has 0 atom stereocenters. The van der Waals surface area contributed by atoms with Crippen LogP contribution in [0.2, 0.25) is 15.5 Å². The molecule has 0 radical (unpaired) electrons. The number of nitrogens with zero attached hydrogens (tertiary/aromatic N) is 4. The van der Waals surface area contributed by atoms with Gasteiger partial charge in [-0.1, -0.05) is 156 Å². The van der Waals surface area contributed by atoms with Crippen LogP contribution in [0.3, 0.4) is 0 Å². The fraction of sp³-hybridized carbons (Fsp3) is 0.171. The van der Waals surface area contributed by atoms with E-state index in [1.54, 1.807) is 36.4 Å². The zero-order chi connectivity index (χ0) is 37.7. The first-order valence-electron chi connectivity index (χ1n) is 16.8. The first-order valence-corrected chi connectivity index (χ1v) is 17.9. The number of aromatic nitrogens is 4. The molecule has 0 aliphatic carbocycles. The largest absolute Gasteiger partial charge is 0.480 e. The molecule has 0 unspecified atom stereocenters. The minimum atomic E-state index is -1.10. The van der Waals surface area contributed by atoms with E-state index in [1.165, 1.54) is 14.7 Å². The normalized spacial score (nSPS) is 10.7. The van der Waals surface area contributed by atoms with Crippen LogP contribution in [-0.2, 0) is 41.9 Å². The van der Waals surface area contributed by atoms with E-state index in [0.29, 0.717) is 41.8 Å². The molecule has 0 amide bonds. The number of Topliss-reactive ketones (excluding diaryl/α,β-unsaturated/α-hetero) is 1. The molecule has 0 saturated carbocycles. The fourth-order valence-electron chi connectivity index (χ4n) is 5.73. The molecule has 270 valence electrons. The number of aryl methyl sites for hydroxylation is 3. The van der Waals surface area contributed by atoms with E-state index < -0.39 is 23.6 Å². The average Bonchev–Trinajstić information content (AvgIpc) is 3.16. The van der Waals surface area contributed by atoms with Gasteiger partial charge in [0.15, 0.2) is 21.2 Å². The van der Waals surface area contributed by atoms with Crippen LogP contribution in [0.15, 0.2) is 131 Å². The molecule has 0 aliphatic heterocycles. The van der Waals surface area contributed by atoms with Crippen LogP contribution < -0.4 is 11.1 Å². The number of carboxylic acids is 1. The lowest BCUT2D eigenvalue weighted by Gasteiger charge is -2.14. The number of halogens is 3. The molecule has 2 aromatic heterocycles. The molecule has 53 heavy (non-hydrogen) atoms. The highest BCUT2D eigenvalue weighted by Crippen LogP contribution is 2.27. The van der Waals surface area contributed by atoms with Crippen molar-refractivity contribution in [3.63, 3.8) is 0 Å². The van der Waals surface area contributed by atoms with Crippen molar-refractivity contribution in [1.82, 2.24) is 19.1 Å². The van der Waals surface area contributed by atoms with E-state index in [9.17, 15) is 24.3 Å². The van der Waals surface area contributed by atoms with Crippen molar-refractivity contribution >= 4 is 46.6 Å². The SMILES string of the molecule is O=C(CCc1ccccc1)Cn1c(-c2ccccc2)c(Cl)nc(Cl)c1=O.O=C(O)Cn1c(-c2ccccc2)c(Cl)nc(CCCc2ccccc2)c1=O. The van der Waals surface area contributed by atoms with Gasteiger partial charge >= 0.3 is 5.97 Å². The Morgan fingerprint density at radius 1 is 0.547 bits per heavy atom. The van der Waals surface area contributed by atoms with Crippen LogP contribution in [0.4, 0.5) is 0 Å². The van der Waals surface area contributed by atoms with Gasteiger partial charge < -0.3 is 5.11 Å². The van der Waals surface area contributed by atoms with E-state index in [2.05, 4.69) is 9.97 Å². The van der Waals surface area contributed by atoms with Gasteiger partial charge in [-0.15, -0.1) is 0 Å². The molecule has 9 nitrogen and oxygen atoms in total. The van der Waals surface area contributed by atoms with Crippen molar-refractivity contribution in [1.29, 1.82) is 0 Å². The molecule has 12 heteroatoms. The smallest absolute Gasteiger partial charge is 0.323 e. The van der Waals surface area contributed by atoms with Crippen molar-refractivity contribution in [2.45, 2.75) is 45.2 Å². The average molecular weight is 770 g/mol. The van der Waals surface area contributed by atoms with E-state index >= 15 is 0 Å². The van der Waals surface area contributed by atoms with Gasteiger partial charge in [-0.05, 0) is 36.8 Å². The summed E-state index contributed by atoms with van der Waals surface area (Å²) in [7, 11) is 0. The number of carbonyl (C=O) groups excluding carboxylic acids is 1. The Balaban J connectivity index is 0.000000204. The van der Waals surface area contributed by atoms with Gasteiger partial charge in [0.1, 0.15) is 12.2 Å². The number of aliphatic carboxylic acids is 1. The Bertz CT molecular complexity index is 2280. The predicted molar refractivity (Wildman–Crippen MR) is 209 cm³/mol. The Morgan fingerprint density at radius 3 is 1.51 bits per heavy atom. The first kappa shape index (κ1) is 38.9. The summed E-state index contributed by atoms with van der Waals surface area (Å²) >= 11 is 18.5. The van der Waals surface area contributed by atoms with Gasteiger partial charge in [-0.3, -0.25) is 28.3 Å². The van der Waals surface area contributed by atoms with Crippen LogP contribution in [0, 0.1) is 0 Å². The highest BCUT2D eigenvalue weighted by atomic mass is 35.5. The van der Waals surface area contributed by atoms with Crippen molar-refractivity contribution in [2.24, 2.45) is 0 Å². The second-order valence-electron chi connectivity index (χ2n) is 12.0. The monoisotopic (exact) mass is 768 g/mol. The predicted octanol–water partition coefficient (Wildman–Crippen LogP) is 8.24. The Hall–Kier alpha value is -5.35. The van der Waals surface area contributed by atoms with Crippen molar-refractivity contribution in [2.75, 3.05) is 0 Å². The molecule has 4 aromatic carbocycles. The molecule has 0 bridgehead atoms. The second-order valence-corrected chi connectivity index (χ2v) is 13.1. The molecule has 6 aromatic rings. The van der Waals surface area contributed by atoms with Gasteiger partial charge in [0, 0.05) is 17.5 Å². The topological polar surface area (TPSA) is 124 Å². The summed E-state index contributed by atoms with van der Waals surface area (Å²) in [6.45, 7) is -0.561. The van der Waals surface area contributed by atoms with Crippen LogP contribution in [0.25, 0.3) is 22.5 Å². The Morgan fingerprint density at radius 2 is 1.00 bits per heavy atom. The fourth-order valence-corrected chi connectivity index (χ4v) is 6.57. The maximum absolute atomic E-state index is 12.9. The van der Waals surface area contributed by atoms with E-state index in [0.717, 1.165) is 18.4 Å². The molecule has 2 heterocycles. The molecule has 0 aliphatic rings. The van der Waals surface area contributed by atoms with Gasteiger partial charge in [0.2, 0.25) is 0 Å². The quantitative estimate of drug-likeness (QED) is 0.126. The van der Waals surface area contributed by atoms with Crippen molar-refractivity contribution in [3.8, 4) is 22.5 Å². The minimum Gasteiger partial charge on any atom is -0.480 e. The van der Waals surface area contributed by atoms with Gasteiger partial charge in [0.25, 0.3) is 11.1 Å². The lowest BCUT2D eigenvalue weighted by atomic mass is 10.1. The molecule has 1 N–H and O–H groups in total. The summed E-state index contributed by atoms with van der Waals surface area (Å²) in [6.07, 6.45) is 2.89. The summed E-state index contributed by atoms with van der Waals surface area (Å²) in [5, 5.41) is 9.23. The summed E-state index contributed by atoms with van der Waals surface area (Å²) in [4.78, 5) is 57.3. The number of rotatable bonds is 13. The summed E-state index contributed by atoms with van der Waals surface area (Å²) in [5.41, 5.74) is 3.69. The highest BCUT2D eigenvalue weighted by molar-refractivity contribution is 6.34. The van der Waals surface area contributed by atoms with Gasteiger partial charge in [-0.2, -0.15) is 0 Å². The number of benzene rings is 4. The Kier molecular flexibility index (Phi) is 13.9. The lowest BCUT2D eigenvalue weighted by Crippen LogP contribution is -2.30. The summed E-state index contributed by atoms with van der Waals surface area (Å²) in [5.74, 6) is -1.18. The summed E-state index contributed by atoms with van der Waals surface area (Å²) in [6, 6.07) is 37.8. The molecule has 0 saturated heterocycles. The molecule has 0 fully saturated rings. The number of hydrogen-bond acceptors (Lipinski definition) is 6. The molecule has 6 rings (SSSR count). The maximum atomic E-state index is 12.9. The van der Waals surface area contributed by atoms with Crippen LogP contribution in [0.5, 0.6) is 0 Å². The molecular weight excluding hydrogens is 735 g/mol. The van der Waals surface area contributed by atoms with Crippen molar-refractivity contribution in [3.05, 3.63) is 174 Å². The van der Waals surface area contributed by atoms with Crippen LogP contribution in [-0.4, -0.2) is 36.0 Å². The zero-order valence-electron chi connectivity index (χ0n) is 28.5. The highest BCUT2D eigenvalue weighted by Gasteiger charge is 2.20. The van der Waals surface area contributed by atoms with Crippen molar-refractivity contribution < 1.29 is 14.7 Å². The third-order valence-electron chi connectivity index (χ3n) is 8.25. The maximum Gasteiger partial charge on any atom is 0.323 e. The summed E-state index contributed by atoms with van der Waals surface area (Å²) < 4.78 is 2.51. The van der Waals surface area contributed by atoms with E-state index in [1.807, 2.05) is 84.9 Å². The third kappa shape index (κ3) is 10.6. The number of carboxylic acid groups (broad SMARTS) is 1. The number of ketones is 1. The Labute approximate surface area is 321 Å². The molecular formula is C41H35Cl3N4O5. The van der Waals surface area contributed by atoms with Gasteiger partial charge in [0.05, 0.1) is 17.9 Å². The number of carbonyl (C=O) groups is 2. The third-order valence-corrected chi connectivity index (χ3v) is 9.03. The first-order chi connectivity index (χ1) is 25.6. The lowest BCUT2D eigenvalue weighted by molar-refractivity contribution is -0.137. The van der Waals surface area contributed by atoms with Crippen LogP contribution >= 0.6 is 34.8 Å². The zero-order valence-corrected chi connectivity index (χ0v) is 30.8. The van der Waals surface area contributed by atoms with Crippen LogP contribution in [0.1, 0.15) is 29.7 Å². The minimum absolute atomic E-state index is 0.0773. The van der Waals surface area contributed by atoms with E-state index in [4.69, 9.17) is 34.8 Å².